The number of hydrogen-bond donors (Lipinski definition) is 2. The van der Waals surface area contributed by atoms with Crippen LogP contribution in [-0.2, 0) is 13.3 Å². The molecular formula is C18H18F2N6O3. The summed E-state index contributed by atoms with van der Waals surface area (Å²) < 4.78 is 34.5. The number of nitrogens with zero attached hydrogens (tertiary/aromatic N) is 4. The van der Waals surface area contributed by atoms with Crippen molar-refractivity contribution in [3.63, 3.8) is 0 Å². The van der Waals surface area contributed by atoms with Crippen LogP contribution in [0.25, 0.3) is 0 Å². The van der Waals surface area contributed by atoms with Gasteiger partial charge < -0.3 is 15.4 Å². The molecule has 0 saturated carbocycles. The molecule has 0 fully saturated rings. The van der Waals surface area contributed by atoms with Gasteiger partial charge in [-0.05, 0) is 25.1 Å². The van der Waals surface area contributed by atoms with Crippen molar-refractivity contribution in [2.24, 2.45) is 0 Å². The summed E-state index contributed by atoms with van der Waals surface area (Å²) in [6.07, 6.45) is 3.01. The van der Waals surface area contributed by atoms with E-state index in [0.29, 0.717) is 12.6 Å². The van der Waals surface area contributed by atoms with E-state index in [0.717, 1.165) is 12.1 Å². The van der Waals surface area contributed by atoms with Gasteiger partial charge in [0.15, 0.2) is 29.7 Å². The van der Waals surface area contributed by atoms with Gasteiger partial charge in [-0.2, -0.15) is 10.2 Å². The van der Waals surface area contributed by atoms with Gasteiger partial charge in [-0.25, -0.2) is 13.5 Å². The second-order valence-electron chi connectivity index (χ2n) is 5.87. The van der Waals surface area contributed by atoms with Gasteiger partial charge >= 0.3 is 0 Å². The minimum atomic E-state index is -0.843. The van der Waals surface area contributed by atoms with Gasteiger partial charge in [0, 0.05) is 32.1 Å². The summed E-state index contributed by atoms with van der Waals surface area (Å²) in [6, 6.07) is 4.37. The number of nitrogens with one attached hydrogen (secondary N) is 2. The predicted molar refractivity (Wildman–Crippen MR) is 98.5 cm³/mol. The number of halogens is 2. The molecule has 0 aliphatic carbocycles. The van der Waals surface area contributed by atoms with Crippen LogP contribution in [0.2, 0.25) is 0 Å². The Morgan fingerprint density at radius 1 is 1.14 bits per heavy atom. The molecule has 1 aromatic carbocycles. The van der Waals surface area contributed by atoms with E-state index in [1.165, 1.54) is 28.7 Å². The van der Waals surface area contributed by atoms with Crippen LogP contribution in [0, 0.1) is 11.6 Å². The molecule has 3 aromatic rings. The zero-order chi connectivity index (χ0) is 21.0. The monoisotopic (exact) mass is 404 g/mol. The highest BCUT2D eigenvalue weighted by molar-refractivity contribution is 6.07. The number of benzene rings is 1. The largest absolute Gasteiger partial charge is 0.468 e. The maximum absolute atomic E-state index is 13.6. The number of carbonyl (C=O) groups excluding carboxylic acids is 2. The van der Waals surface area contributed by atoms with E-state index in [1.54, 1.807) is 6.20 Å². The molecule has 0 unspecified atom stereocenters. The Morgan fingerprint density at radius 3 is 2.62 bits per heavy atom. The van der Waals surface area contributed by atoms with Crippen molar-refractivity contribution in [2.45, 2.75) is 20.2 Å². The summed E-state index contributed by atoms with van der Waals surface area (Å²) in [6.45, 7) is 2.18. The maximum atomic E-state index is 13.6. The highest BCUT2D eigenvalue weighted by Crippen LogP contribution is 2.18. The van der Waals surface area contributed by atoms with Crippen molar-refractivity contribution < 1.29 is 23.1 Å². The van der Waals surface area contributed by atoms with E-state index in [9.17, 15) is 18.4 Å². The van der Waals surface area contributed by atoms with E-state index in [4.69, 9.17) is 4.74 Å². The van der Waals surface area contributed by atoms with Gasteiger partial charge in [0.2, 0.25) is 0 Å². The second kappa shape index (κ2) is 8.50. The first-order valence-corrected chi connectivity index (χ1v) is 8.63. The van der Waals surface area contributed by atoms with Crippen LogP contribution in [0.5, 0.6) is 5.75 Å². The molecule has 0 spiro atoms. The third-order valence-corrected chi connectivity index (χ3v) is 3.90. The molecule has 0 radical (unpaired) electrons. The topological polar surface area (TPSA) is 103 Å². The minimum Gasteiger partial charge on any atom is -0.468 e. The van der Waals surface area contributed by atoms with E-state index < -0.39 is 23.4 Å². The molecule has 0 saturated heterocycles. The fourth-order valence-electron chi connectivity index (χ4n) is 2.43. The smallest absolute Gasteiger partial charge is 0.276 e. The summed E-state index contributed by atoms with van der Waals surface area (Å²) in [5.74, 6) is -2.69. The fraction of sp³-hybridized carbons (Fsp3) is 0.222. The summed E-state index contributed by atoms with van der Waals surface area (Å²) in [5.41, 5.74) is 0.382. The molecule has 9 nitrogen and oxygen atoms in total. The Bertz CT molecular complexity index is 1050. The molecular weight excluding hydrogens is 386 g/mol. The number of aromatic nitrogens is 4. The van der Waals surface area contributed by atoms with Gasteiger partial charge in [-0.3, -0.25) is 14.3 Å². The maximum Gasteiger partial charge on any atom is 0.276 e. The van der Waals surface area contributed by atoms with Crippen molar-refractivity contribution >= 4 is 17.5 Å². The fourth-order valence-corrected chi connectivity index (χ4v) is 2.43. The van der Waals surface area contributed by atoms with E-state index in [-0.39, 0.29) is 29.6 Å². The van der Waals surface area contributed by atoms with Crippen molar-refractivity contribution in [3.8, 4) is 5.75 Å². The van der Waals surface area contributed by atoms with Crippen molar-refractivity contribution in [1.29, 1.82) is 0 Å². The van der Waals surface area contributed by atoms with Crippen molar-refractivity contribution in [1.82, 2.24) is 24.9 Å². The lowest BCUT2D eigenvalue weighted by Crippen LogP contribution is -2.22. The number of hydrogen-bond acceptors (Lipinski definition) is 5. The summed E-state index contributed by atoms with van der Waals surface area (Å²) in [4.78, 5) is 24.4. The van der Waals surface area contributed by atoms with Crippen LogP contribution in [0.4, 0.5) is 14.5 Å². The van der Waals surface area contributed by atoms with Crippen LogP contribution in [0.3, 0.4) is 0 Å². The van der Waals surface area contributed by atoms with Gasteiger partial charge in [-0.15, -0.1) is 0 Å². The quantitative estimate of drug-likeness (QED) is 0.627. The van der Waals surface area contributed by atoms with Gasteiger partial charge in [-0.1, -0.05) is 0 Å². The molecule has 0 aliphatic rings. The Hall–Kier alpha value is -3.76. The minimum absolute atomic E-state index is 0.0558. The number of amides is 2. The molecule has 0 aliphatic heterocycles. The van der Waals surface area contributed by atoms with E-state index in [2.05, 4.69) is 20.8 Å². The van der Waals surface area contributed by atoms with Gasteiger partial charge in [0.05, 0.1) is 5.69 Å². The Balaban J connectivity index is 1.68. The normalized spacial score (nSPS) is 10.6. The van der Waals surface area contributed by atoms with Crippen LogP contribution >= 0.6 is 0 Å². The van der Waals surface area contributed by atoms with Gasteiger partial charge in [0.25, 0.3) is 11.8 Å². The number of carbonyl (C=O) groups is 2. The Labute approximate surface area is 164 Å². The summed E-state index contributed by atoms with van der Waals surface area (Å²) in [7, 11) is 1.46. The van der Waals surface area contributed by atoms with Crippen LogP contribution in [0.1, 0.15) is 27.9 Å². The molecule has 29 heavy (non-hydrogen) atoms. The lowest BCUT2D eigenvalue weighted by atomic mass is 10.3. The zero-order valence-corrected chi connectivity index (χ0v) is 15.6. The third kappa shape index (κ3) is 4.57. The molecule has 2 amide bonds. The number of rotatable bonds is 7. The SMILES string of the molecule is CCn1cc(NC(=O)c2ccn(COc3ccc(F)cc3F)n2)c(C(=O)NC)n1. The van der Waals surface area contributed by atoms with Crippen molar-refractivity contribution in [2.75, 3.05) is 12.4 Å². The first-order chi connectivity index (χ1) is 13.9. The number of anilines is 1. The molecule has 2 aromatic heterocycles. The lowest BCUT2D eigenvalue weighted by Gasteiger charge is -2.07. The van der Waals surface area contributed by atoms with Crippen molar-refractivity contribution in [3.05, 3.63) is 59.7 Å². The first-order valence-electron chi connectivity index (χ1n) is 8.63. The molecule has 3 rings (SSSR count). The number of aryl methyl sites for hydroxylation is 1. The molecule has 11 heteroatoms. The standard InChI is InChI=1S/C18H18F2N6O3/c1-3-25-9-14(16(24-25)18(28)21-2)22-17(27)13-6-7-26(23-13)10-29-15-5-4-11(19)8-12(15)20/h4-9H,3,10H2,1-2H3,(H,21,28)(H,22,27). The molecule has 2 N–H and O–H groups in total. The summed E-state index contributed by atoms with van der Waals surface area (Å²) >= 11 is 0. The van der Waals surface area contributed by atoms with E-state index in [1.807, 2.05) is 6.92 Å². The van der Waals surface area contributed by atoms with Crippen LogP contribution in [0.15, 0.2) is 36.7 Å². The predicted octanol–water partition coefficient (Wildman–Crippen LogP) is 2.03. The highest BCUT2D eigenvalue weighted by Gasteiger charge is 2.19. The van der Waals surface area contributed by atoms with E-state index >= 15 is 0 Å². The Morgan fingerprint density at radius 2 is 1.93 bits per heavy atom. The lowest BCUT2D eigenvalue weighted by molar-refractivity contribution is 0.0958. The molecule has 0 bridgehead atoms. The van der Waals surface area contributed by atoms with Crippen LogP contribution < -0.4 is 15.4 Å². The van der Waals surface area contributed by atoms with Gasteiger partial charge in [0.1, 0.15) is 5.82 Å². The Kier molecular flexibility index (Phi) is 5.86. The second-order valence-corrected chi connectivity index (χ2v) is 5.87. The zero-order valence-electron chi connectivity index (χ0n) is 15.6. The average molecular weight is 404 g/mol. The molecule has 152 valence electrons. The third-order valence-electron chi connectivity index (χ3n) is 3.90. The number of ether oxygens (including phenoxy) is 1. The van der Waals surface area contributed by atoms with Crippen LogP contribution in [-0.4, -0.2) is 38.4 Å². The molecule has 0 atom stereocenters. The highest BCUT2D eigenvalue weighted by atomic mass is 19.1. The summed E-state index contributed by atoms with van der Waals surface area (Å²) in [5, 5.41) is 13.2. The average Bonchev–Trinajstić information content (AvgIpc) is 3.33. The first kappa shape index (κ1) is 20.0. The molecule has 2 heterocycles.